The van der Waals surface area contributed by atoms with Gasteiger partial charge < -0.3 is 40.2 Å². The summed E-state index contributed by atoms with van der Waals surface area (Å²) in [5.74, 6) is 3.67. The van der Waals surface area contributed by atoms with Crippen LogP contribution < -0.4 is 76.7 Å². The van der Waals surface area contributed by atoms with Crippen LogP contribution in [-0.4, -0.2) is 28.5 Å². The molecule has 0 N–H and O–H groups in total. The monoisotopic (exact) mass is 1700 g/mol. The average molecular weight is 1700 g/mol. The lowest BCUT2D eigenvalue weighted by molar-refractivity contribution is -0.693. The van der Waals surface area contributed by atoms with Crippen molar-refractivity contribution in [3.8, 4) is 23.9 Å². The Morgan fingerprint density at radius 1 is 0.177 bits per heavy atom. The maximum atomic E-state index is 8.98. The topological polar surface area (TPSA) is 311 Å². The Morgan fingerprint density at radius 2 is 0.258 bits per heavy atom. The number of nitrogens with zero attached hydrogens (tertiary/aromatic N) is 12. The van der Waals surface area contributed by atoms with E-state index in [0.717, 1.165) is 76.2 Å². The van der Waals surface area contributed by atoms with Gasteiger partial charge in [-0.25, -0.2) is 57.6 Å². The summed E-state index contributed by atoms with van der Waals surface area (Å²) in [6.07, 6.45) is 76.4. The zero-order valence-electron chi connectivity index (χ0n) is 79.7. The van der Waals surface area contributed by atoms with Gasteiger partial charge in [0.15, 0.2) is 99.1 Å². The van der Waals surface area contributed by atoms with E-state index in [1.165, 1.54) is 250 Å². The van der Waals surface area contributed by atoms with Crippen LogP contribution in [0.2, 0.25) is 0 Å². The first-order chi connectivity index (χ1) is 60.0. The predicted molar refractivity (Wildman–Crippen MR) is 490 cm³/mol. The molecule has 680 valence electrons. The Balaban J connectivity index is -0.000000643. The fourth-order valence-electron chi connectivity index (χ4n) is 11.6. The third kappa shape index (κ3) is 77.9. The van der Waals surface area contributed by atoms with E-state index < -0.39 is 28.5 Å². The molecule has 0 saturated heterocycles. The second kappa shape index (κ2) is 90.3. The van der Waals surface area contributed by atoms with Crippen molar-refractivity contribution in [2.45, 2.75) is 369 Å². The normalized spacial score (nSPS) is 9.58. The molecule has 24 heteroatoms. The van der Waals surface area contributed by atoms with Crippen molar-refractivity contribution in [1.82, 2.24) is 0 Å². The van der Waals surface area contributed by atoms with Gasteiger partial charge in [-0.1, -0.05) is 158 Å². The molecule has 0 radical (unpaired) electrons. The Bertz CT molecular complexity index is 3080. The van der Waals surface area contributed by atoms with Gasteiger partial charge in [0.25, 0.3) is 0 Å². The highest BCUT2D eigenvalue weighted by Gasteiger charge is 2.05. The fraction of sp³-hybridized carbons (Fsp3) is 0.560. The number of hydrogen-bond donors (Lipinski definition) is 0. The van der Waals surface area contributed by atoms with Crippen molar-refractivity contribution >= 4 is 28.5 Å². The van der Waals surface area contributed by atoms with Gasteiger partial charge in [0, 0.05) is 126 Å². The zero-order chi connectivity index (χ0) is 93.3. The summed E-state index contributed by atoms with van der Waals surface area (Å²) < 4.78 is 17.6. The summed E-state index contributed by atoms with van der Waals surface area (Å²) in [7, 11) is -9.24. The van der Waals surface area contributed by atoms with Crippen molar-refractivity contribution in [3.05, 3.63) is 241 Å². The molecule has 0 aliphatic rings. The quantitative estimate of drug-likeness (QED) is 0.0197. The van der Waals surface area contributed by atoms with Crippen LogP contribution in [0.25, 0.3) is 0 Å². The van der Waals surface area contributed by atoms with E-state index in [2.05, 4.69) is 344 Å². The van der Waals surface area contributed by atoms with Gasteiger partial charge in [0.05, 0.1) is 0 Å². The highest BCUT2D eigenvalue weighted by molar-refractivity contribution is 6.47. The van der Waals surface area contributed by atoms with Crippen molar-refractivity contribution in [2.75, 3.05) is 0 Å². The van der Waals surface area contributed by atoms with E-state index in [9.17, 15) is 0 Å². The lowest BCUT2D eigenvalue weighted by Gasteiger charge is -2.12. The molecule has 8 aromatic heterocycles. The minimum atomic E-state index is -2.31. The van der Waals surface area contributed by atoms with Crippen molar-refractivity contribution < 1.29 is 76.7 Å². The van der Waals surface area contributed by atoms with Gasteiger partial charge in [-0.05, 0) is 227 Å². The number of aromatic nitrogens is 8. The highest BCUT2D eigenvalue weighted by Crippen LogP contribution is 2.11. The average Bonchev–Trinajstić information content (AvgIpc) is 0.974. The molecule has 8 heterocycles. The number of pyridine rings is 8. The molecule has 0 bridgehead atoms. The zero-order valence-corrected chi connectivity index (χ0v) is 79.7. The number of unbranched alkanes of at least 4 members (excludes halogenated alkanes) is 16. The van der Waals surface area contributed by atoms with E-state index in [-0.39, 0.29) is 0 Å². The molecule has 0 aliphatic carbocycles. The lowest BCUT2D eigenvalue weighted by Crippen LogP contribution is -2.43. The van der Waals surface area contributed by atoms with Crippen LogP contribution in [0.15, 0.2) is 196 Å². The molecule has 20 nitrogen and oxygen atoms in total. The summed E-state index contributed by atoms with van der Waals surface area (Å²) in [6, 6.07) is 35.8. The van der Waals surface area contributed by atoms with Gasteiger partial charge in [-0.15, -0.1) is 0 Å². The molecule has 0 aromatic carbocycles. The van der Waals surface area contributed by atoms with Gasteiger partial charge in [0.1, 0.15) is 52.4 Å². The first-order valence-electron chi connectivity index (χ1n) is 46.7. The van der Waals surface area contributed by atoms with E-state index in [4.69, 9.17) is 61.2 Å². The SMILES string of the molecule is CCCCCc1cc[n+](CC)cc1.CCCCCc1cc[n+](CC)cc1.CCCCCc1cc[n+](CC)cc1.CCCCCc1cc[n+](CC)cc1.CCCCCc1cc[n+](CC)cc1.CCCCCc1cc[n+](CC)cc1.CCCCCc1cc[n+](CC)cc1.CCCCCc1cc[n+](CC)cc1.N#CB([O-])[O-].N#CB([O-])[O-].N#CB([O-])[O-].N#CB([O-])[O-]. The van der Waals surface area contributed by atoms with Crippen LogP contribution in [0.4, 0.5) is 0 Å². The molecule has 0 aliphatic heterocycles. The summed E-state index contributed by atoms with van der Waals surface area (Å²) in [6.45, 7) is 43.8. The van der Waals surface area contributed by atoms with Crippen LogP contribution in [0.1, 0.15) is 309 Å². The summed E-state index contributed by atoms with van der Waals surface area (Å²) in [5, 5.41) is 101. The van der Waals surface area contributed by atoms with Gasteiger partial charge in [-0.2, -0.15) is 0 Å². The predicted octanol–water partition coefficient (Wildman–Crippen LogP) is 10.8. The molecule has 0 fully saturated rings. The number of aryl methyl sites for hydroxylation is 16. The minimum absolute atomic E-state index is 0.917. The first kappa shape index (κ1) is 121. The Labute approximate surface area is 755 Å². The molecular weight excluding hydrogens is 1540 g/mol. The molecule has 0 atom stereocenters. The number of rotatable bonds is 40. The lowest BCUT2D eigenvalue weighted by atomic mass is 9.97. The Kier molecular flexibility index (Phi) is 88.5. The van der Waals surface area contributed by atoms with Crippen LogP contribution in [0.3, 0.4) is 0 Å². The maximum Gasteiger partial charge on any atom is 0.169 e. The maximum absolute atomic E-state index is 8.98. The van der Waals surface area contributed by atoms with Crippen LogP contribution in [-0.2, 0) is 104 Å². The molecule has 0 unspecified atom stereocenters. The van der Waals surface area contributed by atoms with Crippen molar-refractivity contribution in [2.24, 2.45) is 0 Å². The molecular formula is C100H160B4N12O8. The van der Waals surface area contributed by atoms with Crippen molar-refractivity contribution in [1.29, 1.82) is 21.0 Å². The van der Waals surface area contributed by atoms with E-state index in [0.29, 0.717) is 0 Å². The Morgan fingerprint density at radius 3 is 0.315 bits per heavy atom. The summed E-state index contributed by atoms with van der Waals surface area (Å²) in [5.41, 5.74) is 11.8. The number of hydrogen-bond acceptors (Lipinski definition) is 12. The van der Waals surface area contributed by atoms with Crippen LogP contribution in [0.5, 0.6) is 0 Å². The standard InChI is InChI=1S/8C12H20N.4CBNO2/c8*1-3-5-6-7-12-8-10-13(4-2)11-9-12;4*3-1-2(4)5/h8*8-11H,3-7H2,1-2H3;;;;/q8*+1;4*-2. The first-order valence-corrected chi connectivity index (χ1v) is 46.7. The summed E-state index contributed by atoms with van der Waals surface area (Å²) >= 11 is 0. The van der Waals surface area contributed by atoms with Crippen molar-refractivity contribution in [3.63, 3.8) is 0 Å². The second-order valence-corrected chi connectivity index (χ2v) is 29.8. The molecule has 8 aromatic rings. The Hall–Kier alpha value is -8.90. The second-order valence-electron chi connectivity index (χ2n) is 29.8. The molecule has 0 spiro atoms. The van der Waals surface area contributed by atoms with E-state index in [1.54, 1.807) is 0 Å². The van der Waals surface area contributed by atoms with Crippen LogP contribution in [0, 0.1) is 44.9 Å². The fourth-order valence-corrected chi connectivity index (χ4v) is 11.6. The third-order valence-corrected chi connectivity index (χ3v) is 19.6. The summed E-state index contributed by atoms with van der Waals surface area (Å²) in [4.78, 5) is 0. The highest BCUT2D eigenvalue weighted by atomic mass is 16.4. The molecule has 8 rings (SSSR count). The van der Waals surface area contributed by atoms with Gasteiger partial charge >= 0.3 is 0 Å². The van der Waals surface area contributed by atoms with Crippen LogP contribution >= 0.6 is 0 Å². The largest absolute Gasteiger partial charge is 0.881 e. The smallest absolute Gasteiger partial charge is 0.169 e. The minimum Gasteiger partial charge on any atom is -0.881 e. The molecule has 0 saturated carbocycles. The van der Waals surface area contributed by atoms with E-state index >= 15 is 0 Å². The molecule has 0 amide bonds. The van der Waals surface area contributed by atoms with Gasteiger partial charge in [-0.3, -0.25) is 0 Å². The molecule has 124 heavy (non-hydrogen) atoms. The third-order valence-electron chi connectivity index (χ3n) is 19.6. The van der Waals surface area contributed by atoms with Gasteiger partial charge in [0.2, 0.25) is 0 Å². The number of nitriles is 4. The van der Waals surface area contributed by atoms with E-state index in [1.807, 2.05) is 0 Å².